The molecular weight excluding hydrogens is 263 g/mol. The largest absolute Gasteiger partial charge is 0.488 e. The van der Waals surface area contributed by atoms with Gasteiger partial charge in [-0.1, -0.05) is 42.0 Å². The summed E-state index contributed by atoms with van der Waals surface area (Å²) in [6, 6.07) is 14.0. The van der Waals surface area contributed by atoms with Gasteiger partial charge in [0.15, 0.2) is 0 Å². The minimum absolute atomic E-state index is 0.0814. The Bertz CT molecular complexity index is 601. The van der Waals surface area contributed by atoms with Crippen LogP contribution in [0.4, 0.5) is 0 Å². The van der Waals surface area contributed by atoms with Crippen molar-refractivity contribution in [2.45, 2.75) is 13.5 Å². The molecule has 19 heavy (non-hydrogen) atoms. The molecule has 2 aromatic carbocycles. The number of aryl methyl sites for hydroxylation is 1. The molecule has 0 unspecified atom stereocenters. The molecule has 4 nitrogen and oxygen atoms in total. The van der Waals surface area contributed by atoms with Crippen molar-refractivity contribution in [2.24, 2.45) is 0 Å². The summed E-state index contributed by atoms with van der Waals surface area (Å²) < 4.78 is 16.8. The lowest BCUT2D eigenvalue weighted by atomic mass is 10.2. The smallest absolute Gasteiger partial charge is 0.359 e. The van der Waals surface area contributed by atoms with Crippen LogP contribution in [0.5, 0.6) is 5.75 Å². The van der Waals surface area contributed by atoms with Gasteiger partial charge in [-0.15, -0.1) is 0 Å². The fraction of sp³-hybridized carbons (Fsp3) is 0.143. The van der Waals surface area contributed by atoms with Crippen LogP contribution < -0.4 is 10.0 Å². The van der Waals surface area contributed by atoms with E-state index in [2.05, 4.69) is 0 Å². The van der Waals surface area contributed by atoms with Gasteiger partial charge in [0.1, 0.15) is 17.7 Å². The van der Waals surface area contributed by atoms with E-state index in [1.807, 2.05) is 31.2 Å². The molecular formula is C14H15O4P. The molecule has 5 heteroatoms. The second-order valence-electron chi connectivity index (χ2n) is 4.29. The lowest BCUT2D eigenvalue weighted by Gasteiger charge is -2.12. The Kier molecular flexibility index (Phi) is 4.05. The van der Waals surface area contributed by atoms with Crippen LogP contribution in [0, 0.1) is 6.92 Å². The normalized spacial score (nSPS) is 11.3. The number of para-hydroxylation sites is 1. The summed E-state index contributed by atoms with van der Waals surface area (Å²) in [7, 11) is -4.31. The summed E-state index contributed by atoms with van der Waals surface area (Å²) in [5.74, 6) is 0.219. The third kappa shape index (κ3) is 3.67. The summed E-state index contributed by atoms with van der Waals surface area (Å²) in [5, 5.41) is -0.0814. The number of ether oxygens (including phenoxy) is 1. The molecule has 0 aliphatic rings. The van der Waals surface area contributed by atoms with E-state index < -0.39 is 7.60 Å². The quantitative estimate of drug-likeness (QED) is 0.843. The lowest BCUT2D eigenvalue weighted by molar-refractivity contribution is 0.306. The Morgan fingerprint density at radius 3 is 2.32 bits per heavy atom. The highest BCUT2D eigenvalue weighted by Gasteiger charge is 2.21. The van der Waals surface area contributed by atoms with E-state index in [1.165, 1.54) is 6.07 Å². The molecule has 0 heterocycles. The van der Waals surface area contributed by atoms with E-state index in [1.54, 1.807) is 18.2 Å². The van der Waals surface area contributed by atoms with Gasteiger partial charge in [-0.2, -0.15) is 0 Å². The SMILES string of the molecule is Cc1ccc(COc2ccccc2P(=O)(O)O)cc1. The van der Waals surface area contributed by atoms with E-state index >= 15 is 0 Å². The van der Waals surface area contributed by atoms with Crippen molar-refractivity contribution in [3.05, 3.63) is 59.7 Å². The number of rotatable bonds is 4. The third-order valence-electron chi connectivity index (χ3n) is 2.69. The Labute approximate surface area is 111 Å². The fourth-order valence-corrected chi connectivity index (χ4v) is 2.37. The van der Waals surface area contributed by atoms with Crippen LogP contribution in [0.2, 0.25) is 0 Å². The lowest BCUT2D eigenvalue weighted by Crippen LogP contribution is -2.09. The maximum Gasteiger partial charge on any atom is 0.359 e. The summed E-state index contributed by atoms with van der Waals surface area (Å²) in [5.41, 5.74) is 2.10. The van der Waals surface area contributed by atoms with Crippen LogP contribution in [0.1, 0.15) is 11.1 Å². The minimum Gasteiger partial charge on any atom is -0.488 e. The second-order valence-corrected chi connectivity index (χ2v) is 5.86. The number of hydrogen-bond acceptors (Lipinski definition) is 2. The van der Waals surface area contributed by atoms with E-state index in [4.69, 9.17) is 4.74 Å². The van der Waals surface area contributed by atoms with Gasteiger partial charge in [-0.25, -0.2) is 0 Å². The summed E-state index contributed by atoms with van der Waals surface area (Å²) >= 11 is 0. The summed E-state index contributed by atoms with van der Waals surface area (Å²) in [4.78, 5) is 18.5. The molecule has 0 atom stereocenters. The van der Waals surface area contributed by atoms with Crippen molar-refractivity contribution < 1.29 is 19.1 Å². The average molecular weight is 278 g/mol. The van der Waals surface area contributed by atoms with Gasteiger partial charge in [0.25, 0.3) is 0 Å². The van der Waals surface area contributed by atoms with Gasteiger partial charge in [0.05, 0.1) is 0 Å². The highest BCUT2D eigenvalue weighted by Crippen LogP contribution is 2.37. The van der Waals surface area contributed by atoms with Crippen molar-refractivity contribution in [1.82, 2.24) is 0 Å². The molecule has 0 aliphatic carbocycles. The summed E-state index contributed by atoms with van der Waals surface area (Å²) in [6.45, 7) is 2.27. The van der Waals surface area contributed by atoms with Crippen molar-refractivity contribution >= 4 is 12.9 Å². The summed E-state index contributed by atoms with van der Waals surface area (Å²) in [6.07, 6.45) is 0. The van der Waals surface area contributed by atoms with Crippen molar-refractivity contribution in [3.8, 4) is 5.75 Å². The first-order valence-electron chi connectivity index (χ1n) is 5.80. The van der Waals surface area contributed by atoms with Gasteiger partial charge in [0, 0.05) is 0 Å². The topological polar surface area (TPSA) is 66.8 Å². The first-order valence-corrected chi connectivity index (χ1v) is 7.41. The molecule has 0 spiro atoms. The van der Waals surface area contributed by atoms with E-state index in [9.17, 15) is 14.4 Å². The Morgan fingerprint density at radius 1 is 1.05 bits per heavy atom. The second kappa shape index (κ2) is 5.57. The van der Waals surface area contributed by atoms with Crippen LogP contribution in [0.3, 0.4) is 0 Å². The molecule has 0 aromatic heterocycles. The minimum atomic E-state index is -4.31. The van der Waals surface area contributed by atoms with Crippen molar-refractivity contribution in [3.63, 3.8) is 0 Å². The zero-order valence-electron chi connectivity index (χ0n) is 10.5. The highest BCUT2D eigenvalue weighted by molar-refractivity contribution is 7.60. The average Bonchev–Trinajstić information content (AvgIpc) is 2.37. The van der Waals surface area contributed by atoms with Crippen LogP contribution in [0.15, 0.2) is 48.5 Å². The maximum atomic E-state index is 11.3. The standard InChI is InChI=1S/C14H15O4P/c1-11-6-8-12(9-7-11)10-18-13-4-2-3-5-14(13)19(15,16)17/h2-9H,10H2,1H3,(H2,15,16,17). The van der Waals surface area contributed by atoms with Crippen molar-refractivity contribution in [1.29, 1.82) is 0 Å². The molecule has 0 saturated heterocycles. The van der Waals surface area contributed by atoms with E-state index in [-0.39, 0.29) is 17.7 Å². The first kappa shape index (κ1) is 13.8. The van der Waals surface area contributed by atoms with E-state index in [0.717, 1.165) is 11.1 Å². The van der Waals surface area contributed by atoms with Crippen molar-refractivity contribution in [2.75, 3.05) is 0 Å². The van der Waals surface area contributed by atoms with Crippen LogP contribution >= 0.6 is 7.60 Å². The Hall–Kier alpha value is -1.61. The monoisotopic (exact) mass is 278 g/mol. The maximum absolute atomic E-state index is 11.3. The molecule has 2 N–H and O–H groups in total. The Morgan fingerprint density at radius 2 is 1.68 bits per heavy atom. The van der Waals surface area contributed by atoms with E-state index in [0.29, 0.717) is 0 Å². The molecule has 0 saturated carbocycles. The highest BCUT2D eigenvalue weighted by atomic mass is 31.2. The molecule has 0 fully saturated rings. The van der Waals surface area contributed by atoms with Crippen LogP contribution in [-0.2, 0) is 11.2 Å². The molecule has 2 rings (SSSR count). The molecule has 0 amide bonds. The number of benzene rings is 2. The van der Waals surface area contributed by atoms with Gasteiger partial charge in [-0.05, 0) is 24.6 Å². The molecule has 0 radical (unpaired) electrons. The molecule has 2 aromatic rings. The predicted molar refractivity (Wildman–Crippen MR) is 73.6 cm³/mol. The predicted octanol–water partition coefficient (Wildman–Crippen LogP) is 2.38. The number of hydrogen-bond donors (Lipinski definition) is 2. The van der Waals surface area contributed by atoms with Gasteiger partial charge < -0.3 is 14.5 Å². The first-order chi connectivity index (χ1) is 8.97. The zero-order chi connectivity index (χ0) is 13.9. The third-order valence-corrected chi connectivity index (χ3v) is 3.69. The van der Waals surface area contributed by atoms with Gasteiger partial charge in [0.2, 0.25) is 0 Å². The molecule has 100 valence electrons. The van der Waals surface area contributed by atoms with Crippen LogP contribution in [-0.4, -0.2) is 9.79 Å². The molecule has 0 aliphatic heterocycles. The molecule has 0 bridgehead atoms. The Balaban J connectivity index is 2.16. The van der Waals surface area contributed by atoms with Gasteiger partial charge >= 0.3 is 7.60 Å². The van der Waals surface area contributed by atoms with Crippen LogP contribution in [0.25, 0.3) is 0 Å². The van der Waals surface area contributed by atoms with Gasteiger partial charge in [-0.3, -0.25) is 4.57 Å². The zero-order valence-corrected chi connectivity index (χ0v) is 11.4. The fourth-order valence-electron chi connectivity index (χ4n) is 1.67.